The lowest BCUT2D eigenvalue weighted by molar-refractivity contribution is 0.0351. The number of piperidine rings is 2. The zero-order chi connectivity index (χ0) is 19.0. The van der Waals surface area contributed by atoms with Crippen molar-refractivity contribution in [2.45, 2.75) is 62.8 Å². The Kier molecular flexibility index (Phi) is 5.27. The third-order valence-corrected chi connectivity index (χ3v) is 6.06. The third kappa shape index (κ3) is 3.91. The molecule has 3 aliphatic heterocycles. The topological polar surface area (TPSA) is 88.0 Å². The molecular formula is C18H25ClN4O4. The van der Waals surface area contributed by atoms with Crippen LogP contribution in [-0.4, -0.2) is 70.6 Å². The number of fused-ring (bicyclic) bond motifs is 2. The summed E-state index contributed by atoms with van der Waals surface area (Å²) >= 11 is 6.20. The van der Waals surface area contributed by atoms with Gasteiger partial charge in [0, 0.05) is 37.7 Å². The van der Waals surface area contributed by atoms with Crippen LogP contribution in [0.15, 0.2) is 6.07 Å². The predicted octanol–water partition coefficient (Wildman–Crippen LogP) is 2.80. The van der Waals surface area contributed by atoms with Crippen LogP contribution >= 0.6 is 11.6 Å². The van der Waals surface area contributed by atoms with E-state index in [1.807, 2.05) is 11.9 Å². The maximum atomic E-state index is 11.6. The molecule has 148 valence electrons. The Morgan fingerprint density at radius 1 is 1.33 bits per heavy atom. The highest BCUT2D eigenvalue weighted by Gasteiger charge is 2.42. The molecule has 4 heterocycles. The van der Waals surface area contributed by atoms with Crippen molar-refractivity contribution in [3.8, 4) is 5.88 Å². The van der Waals surface area contributed by atoms with E-state index in [9.17, 15) is 9.90 Å². The van der Waals surface area contributed by atoms with Gasteiger partial charge in [-0.3, -0.25) is 0 Å². The van der Waals surface area contributed by atoms with Crippen molar-refractivity contribution in [1.82, 2.24) is 14.9 Å². The number of amides is 1. The Balaban J connectivity index is 1.50. The number of rotatable bonds is 4. The number of ether oxygens (including phenoxy) is 2. The summed E-state index contributed by atoms with van der Waals surface area (Å²) in [7, 11) is 1.95. The molecule has 4 atom stereocenters. The van der Waals surface area contributed by atoms with Gasteiger partial charge in [-0.1, -0.05) is 11.6 Å². The van der Waals surface area contributed by atoms with Crippen molar-refractivity contribution in [3.63, 3.8) is 0 Å². The molecule has 3 saturated heterocycles. The second-order valence-electron chi connectivity index (χ2n) is 7.60. The fourth-order valence-corrected chi connectivity index (χ4v) is 4.69. The normalized spacial score (nSPS) is 30.2. The van der Waals surface area contributed by atoms with Crippen molar-refractivity contribution < 1.29 is 19.4 Å². The molecule has 1 N–H and O–H groups in total. The van der Waals surface area contributed by atoms with Crippen molar-refractivity contribution in [2.75, 3.05) is 25.2 Å². The van der Waals surface area contributed by atoms with Crippen LogP contribution in [0.5, 0.6) is 5.88 Å². The third-order valence-electron chi connectivity index (χ3n) is 5.87. The van der Waals surface area contributed by atoms with Crippen LogP contribution in [0.3, 0.4) is 0 Å². The average Bonchev–Trinajstić information content (AvgIpc) is 3.12. The smallest absolute Gasteiger partial charge is 0.407 e. The van der Waals surface area contributed by atoms with E-state index >= 15 is 0 Å². The number of halogens is 1. The van der Waals surface area contributed by atoms with Crippen LogP contribution in [-0.2, 0) is 4.74 Å². The van der Waals surface area contributed by atoms with Gasteiger partial charge in [-0.05, 0) is 32.1 Å². The number of aromatic nitrogens is 2. The monoisotopic (exact) mass is 396 g/mol. The Morgan fingerprint density at radius 2 is 2.07 bits per heavy atom. The number of hydrogen-bond acceptors (Lipinski definition) is 6. The molecule has 4 rings (SSSR count). The van der Waals surface area contributed by atoms with Crippen molar-refractivity contribution in [1.29, 1.82) is 0 Å². The second-order valence-corrected chi connectivity index (χ2v) is 7.98. The van der Waals surface area contributed by atoms with Crippen LogP contribution in [0.1, 0.15) is 38.5 Å². The van der Waals surface area contributed by atoms with E-state index in [4.69, 9.17) is 21.1 Å². The van der Waals surface area contributed by atoms with Gasteiger partial charge in [0.1, 0.15) is 11.3 Å². The molecule has 27 heavy (non-hydrogen) atoms. The molecule has 3 aliphatic rings. The Labute approximate surface area is 163 Å². The van der Waals surface area contributed by atoms with Gasteiger partial charge in [0.15, 0.2) is 0 Å². The molecule has 2 bridgehead atoms. The van der Waals surface area contributed by atoms with E-state index in [2.05, 4.69) is 9.97 Å². The fraction of sp³-hybridized carbons (Fsp3) is 0.722. The molecule has 0 saturated carbocycles. The molecule has 1 aromatic rings. The van der Waals surface area contributed by atoms with Crippen LogP contribution < -0.4 is 9.64 Å². The number of anilines is 1. The first-order chi connectivity index (χ1) is 13.0. The first kappa shape index (κ1) is 18.6. The number of carboxylic acid groups (broad SMARTS) is 1. The summed E-state index contributed by atoms with van der Waals surface area (Å²) in [5.74, 6) is 0.971. The predicted molar refractivity (Wildman–Crippen MR) is 99.6 cm³/mol. The molecule has 0 unspecified atom stereocenters. The van der Waals surface area contributed by atoms with Gasteiger partial charge in [-0.25, -0.2) is 9.78 Å². The first-order valence-electron chi connectivity index (χ1n) is 9.54. The summed E-state index contributed by atoms with van der Waals surface area (Å²) in [6.45, 7) is 1.25. The second kappa shape index (κ2) is 7.67. The molecular weight excluding hydrogens is 372 g/mol. The van der Waals surface area contributed by atoms with Gasteiger partial charge in [-0.15, -0.1) is 0 Å². The van der Waals surface area contributed by atoms with E-state index in [-0.39, 0.29) is 24.2 Å². The molecule has 9 heteroatoms. The van der Waals surface area contributed by atoms with Gasteiger partial charge in [0.25, 0.3) is 0 Å². The highest BCUT2D eigenvalue weighted by Crippen LogP contribution is 2.36. The van der Waals surface area contributed by atoms with Crippen molar-refractivity contribution >= 4 is 23.6 Å². The Bertz CT molecular complexity index is 686. The molecule has 0 spiro atoms. The molecule has 1 aromatic heterocycles. The summed E-state index contributed by atoms with van der Waals surface area (Å²) in [5, 5.41) is 9.87. The van der Waals surface area contributed by atoms with Crippen molar-refractivity contribution in [2.24, 2.45) is 0 Å². The molecule has 8 nitrogen and oxygen atoms in total. The van der Waals surface area contributed by atoms with Gasteiger partial charge >= 0.3 is 6.09 Å². The summed E-state index contributed by atoms with van der Waals surface area (Å²) in [4.78, 5) is 24.2. The zero-order valence-electron chi connectivity index (χ0n) is 15.4. The standard InChI is InChI=1S/C18H25ClN4O4/c1-22(13-7-11-3-2-4-12(8-13)23(11)18(24)25)17-20-15(19)9-16(21-17)27-14-5-6-26-10-14/h9,11-14H,2-8,10H2,1H3,(H,24,25)/t11-,12+,13-,14-/m0/s1. The average molecular weight is 397 g/mol. The lowest BCUT2D eigenvalue weighted by Crippen LogP contribution is -2.58. The fourth-order valence-electron chi connectivity index (χ4n) is 4.52. The largest absolute Gasteiger partial charge is 0.472 e. The molecule has 0 aromatic carbocycles. The van der Waals surface area contributed by atoms with Crippen LogP contribution in [0.2, 0.25) is 5.15 Å². The molecule has 0 aliphatic carbocycles. The highest BCUT2D eigenvalue weighted by atomic mass is 35.5. The lowest BCUT2D eigenvalue weighted by Gasteiger charge is -2.49. The van der Waals surface area contributed by atoms with Crippen molar-refractivity contribution in [3.05, 3.63) is 11.2 Å². The maximum Gasteiger partial charge on any atom is 0.407 e. The van der Waals surface area contributed by atoms with Crippen LogP contribution in [0, 0.1) is 0 Å². The summed E-state index contributed by atoms with van der Waals surface area (Å²) < 4.78 is 11.2. The number of hydrogen-bond donors (Lipinski definition) is 1. The maximum absolute atomic E-state index is 11.6. The molecule has 1 amide bonds. The van der Waals surface area contributed by atoms with Crippen LogP contribution in [0.4, 0.5) is 10.7 Å². The molecule has 3 fully saturated rings. The van der Waals surface area contributed by atoms with Gasteiger partial charge in [0.05, 0.1) is 13.2 Å². The van der Waals surface area contributed by atoms with Gasteiger partial charge < -0.3 is 24.4 Å². The summed E-state index contributed by atoms with van der Waals surface area (Å²) in [6, 6.07) is 1.93. The Hall–Kier alpha value is -1.80. The van der Waals surface area contributed by atoms with E-state index in [1.165, 1.54) is 0 Å². The highest BCUT2D eigenvalue weighted by molar-refractivity contribution is 6.29. The van der Waals surface area contributed by atoms with E-state index < -0.39 is 6.09 Å². The van der Waals surface area contributed by atoms with E-state index in [1.54, 1.807) is 11.0 Å². The number of nitrogens with zero attached hydrogens (tertiary/aromatic N) is 4. The first-order valence-corrected chi connectivity index (χ1v) is 9.92. The van der Waals surface area contributed by atoms with Gasteiger partial charge in [-0.2, -0.15) is 4.98 Å². The summed E-state index contributed by atoms with van der Waals surface area (Å²) in [6.07, 6.45) is 4.50. The zero-order valence-corrected chi connectivity index (χ0v) is 16.1. The Morgan fingerprint density at radius 3 is 2.70 bits per heavy atom. The summed E-state index contributed by atoms with van der Waals surface area (Å²) in [5.41, 5.74) is 0. The minimum absolute atomic E-state index is 0.00714. The SMILES string of the molecule is CN(c1nc(Cl)cc(O[C@H]2CCOC2)n1)[C@@H]1C[C@H]2CCC[C@@H](C1)N2C(=O)O. The minimum atomic E-state index is -0.806. The minimum Gasteiger partial charge on any atom is -0.472 e. The van der Waals surface area contributed by atoms with Gasteiger partial charge in [0.2, 0.25) is 11.8 Å². The van der Waals surface area contributed by atoms with E-state index in [0.717, 1.165) is 38.5 Å². The lowest BCUT2D eigenvalue weighted by atomic mass is 9.81. The quantitative estimate of drug-likeness (QED) is 0.783. The van der Waals surface area contributed by atoms with Crippen LogP contribution in [0.25, 0.3) is 0 Å². The number of carbonyl (C=O) groups is 1. The van der Waals surface area contributed by atoms with E-state index in [0.29, 0.717) is 30.2 Å². The molecule has 0 radical (unpaired) electrons.